The molecule has 98 valence electrons. The molecule has 0 spiro atoms. The molecule has 0 saturated carbocycles. The van der Waals surface area contributed by atoms with Gasteiger partial charge in [0.25, 0.3) is 10.0 Å². The average Bonchev–Trinajstić information content (AvgIpc) is 2.21. The van der Waals surface area contributed by atoms with Crippen molar-refractivity contribution in [3.05, 3.63) is 23.2 Å². The lowest BCUT2D eigenvalue weighted by Gasteiger charge is -2.29. The van der Waals surface area contributed by atoms with Crippen LogP contribution in [0.1, 0.15) is 0 Å². The zero-order valence-electron chi connectivity index (χ0n) is 8.86. The highest BCUT2D eigenvalue weighted by molar-refractivity contribution is 7.90. The smallest absolute Gasteiger partial charge is 0.253 e. The summed E-state index contributed by atoms with van der Waals surface area (Å²) in [5, 5.41) is 0.348. The van der Waals surface area contributed by atoms with E-state index in [0.717, 1.165) is 4.31 Å². The largest absolute Gasteiger partial charge is 0.267 e. The van der Waals surface area contributed by atoms with E-state index in [1.807, 2.05) is 0 Å². The molecule has 9 heteroatoms. The predicted molar refractivity (Wildman–Crippen MR) is 73.8 cm³/mol. The highest BCUT2D eigenvalue weighted by atomic mass is 35.6. The van der Waals surface area contributed by atoms with Crippen LogP contribution in [0.4, 0.5) is 5.69 Å². The number of hydrogen-bond donors (Lipinski definition) is 0. The summed E-state index contributed by atoms with van der Waals surface area (Å²) in [6.45, 7) is 0. The van der Waals surface area contributed by atoms with E-state index in [1.54, 1.807) is 0 Å². The van der Waals surface area contributed by atoms with Crippen molar-refractivity contribution < 1.29 is 8.42 Å². The Morgan fingerprint density at radius 3 is 2.44 bits per heavy atom. The topological polar surface area (TPSA) is 49.7 Å². The van der Waals surface area contributed by atoms with Crippen LogP contribution in [0.5, 0.6) is 0 Å². The molecular formula is C9H6Cl4N2O2S. The second kappa shape index (κ2) is 4.42. The SMILES string of the molecule is CN1C(C(Cl)(Cl)Cl)=Nc2cc(Cl)ccc2S1(=O)=O. The van der Waals surface area contributed by atoms with Crippen LogP contribution in [-0.2, 0) is 10.0 Å². The lowest BCUT2D eigenvalue weighted by atomic mass is 10.3. The molecule has 0 aromatic heterocycles. The fourth-order valence-electron chi connectivity index (χ4n) is 1.48. The van der Waals surface area contributed by atoms with Gasteiger partial charge in [0.1, 0.15) is 4.90 Å². The summed E-state index contributed by atoms with van der Waals surface area (Å²) in [6.07, 6.45) is 0. The van der Waals surface area contributed by atoms with Gasteiger partial charge in [-0.1, -0.05) is 46.4 Å². The van der Waals surface area contributed by atoms with Crippen LogP contribution < -0.4 is 0 Å². The molecule has 0 saturated heterocycles. The molecule has 0 radical (unpaired) electrons. The van der Waals surface area contributed by atoms with Crippen LogP contribution in [0.25, 0.3) is 0 Å². The minimum absolute atomic E-state index is 0.0207. The zero-order valence-corrected chi connectivity index (χ0v) is 12.7. The molecule has 1 aliphatic rings. The Kier molecular flexibility index (Phi) is 3.49. The van der Waals surface area contributed by atoms with Crippen molar-refractivity contribution in [3.8, 4) is 0 Å². The molecule has 2 rings (SSSR count). The summed E-state index contributed by atoms with van der Waals surface area (Å²) >= 11 is 22.9. The van der Waals surface area contributed by atoms with Gasteiger partial charge < -0.3 is 0 Å². The van der Waals surface area contributed by atoms with E-state index >= 15 is 0 Å². The lowest BCUT2D eigenvalue weighted by molar-refractivity contribution is 0.548. The van der Waals surface area contributed by atoms with Crippen molar-refractivity contribution in [2.45, 2.75) is 8.69 Å². The van der Waals surface area contributed by atoms with Gasteiger partial charge in [0.2, 0.25) is 3.79 Å². The van der Waals surface area contributed by atoms with Crippen LogP contribution in [0.3, 0.4) is 0 Å². The van der Waals surface area contributed by atoms with E-state index < -0.39 is 13.8 Å². The molecule has 0 N–H and O–H groups in total. The van der Waals surface area contributed by atoms with E-state index in [1.165, 1.54) is 25.2 Å². The Labute approximate surface area is 124 Å². The number of fused-ring (bicyclic) bond motifs is 1. The summed E-state index contributed by atoms with van der Waals surface area (Å²) in [4.78, 5) is 4.06. The molecule has 0 fully saturated rings. The second-order valence-electron chi connectivity index (χ2n) is 3.52. The molecule has 0 unspecified atom stereocenters. The lowest BCUT2D eigenvalue weighted by Crippen LogP contribution is -2.42. The normalized spacial score (nSPS) is 18.3. The maximum absolute atomic E-state index is 12.2. The number of nitrogens with zero attached hydrogens (tertiary/aromatic N) is 2. The number of benzene rings is 1. The second-order valence-corrected chi connectivity index (χ2v) is 8.17. The molecule has 0 amide bonds. The van der Waals surface area contributed by atoms with Gasteiger partial charge in [0.15, 0.2) is 5.84 Å². The first-order chi connectivity index (χ1) is 8.14. The molecule has 4 nitrogen and oxygen atoms in total. The van der Waals surface area contributed by atoms with E-state index in [4.69, 9.17) is 46.4 Å². The Balaban J connectivity index is 2.77. The molecule has 0 bridgehead atoms. The molecule has 18 heavy (non-hydrogen) atoms. The fourth-order valence-corrected chi connectivity index (χ4v) is 3.62. The summed E-state index contributed by atoms with van der Waals surface area (Å²) in [7, 11) is -2.51. The van der Waals surface area contributed by atoms with Gasteiger partial charge in [0.05, 0.1) is 5.69 Å². The van der Waals surface area contributed by atoms with Crippen LogP contribution in [-0.4, -0.2) is 29.4 Å². The molecule has 0 aliphatic carbocycles. The van der Waals surface area contributed by atoms with Gasteiger partial charge in [-0.15, -0.1) is 0 Å². The standard InChI is InChI=1S/C9H6Cl4N2O2S/c1-15-8(9(11,12)13)14-6-4-5(10)2-3-7(6)18(15,16)17/h2-4H,1H3. The Morgan fingerprint density at radius 1 is 1.28 bits per heavy atom. The Morgan fingerprint density at radius 2 is 1.89 bits per heavy atom. The number of aliphatic imine (C=N–C) groups is 1. The molecule has 1 heterocycles. The quantitative estimate of drug-likeness (QED) is 0.675. The van der Waals surface area contributed by atoms with Gasteiger partial charge >= 0.3 is 0 Å². The van der Waals surface area contributed by atoms with Crippen molar-refractivity contribution in [1.29, 1.82) is 0 Å². The average molecular weight is 348 g/mol. The van der Waals surface area contributed by atoms with Gasteiger partial charge in [-0.3, -0.25) is 4.31 Å². The number of rotatable bonds is 0. The minimum Gasteiger partial charge on any atom is -0.253 e. The monoisotopic (exact) mass is 346 g/mol. The number of amidine groups is 1. The Hall–Kier alpha value is -0.200. The minimum atomic E-state index is -3.78. The van der Waals surface area contributed by atoms with E-state index in [-0.39, 0.29) is 16.4 Å². The van der Waals surface area contributed by atoms with E-state index in [2.05, 4.69) is 4.99 Å². The third-order valence-corrected chi connectivity index (χ3v) is 4.87. The zero-order chi connectivity index (χ0) is 13.7. The first kappa shape index (κ1) is 14.2. The number of alkyl halides is 3. The number of sulfonamides is 1. The number of halogens is 4. The molecule has 0 atom stereocenters. The van der Waals surface area contributed by atoms with Crippen LogP contribution >= 0.6 is 46.4 Å². The van der Waals surface area contributed by atoms with Crippen molar-refractivity contribution in [3.63, 3.8) is 0 Å². The summed E-state index contributed by atoms with van der Waals surface area (Å²) in [5.41, 5.74) is 0.155. The van der Waals surface area contributed by atoms with E-state index in [0.29, 0.717) is 5.02 Å². The molecule has 1 aromatic rings. The third-order valence-electron chi connectivity index (χ3n) is 2.34. The van der Waals surface area contributed by atoms with Gasteiger partial charge in [-0.05, 0) is 18.2 Å². The van der Waals surface area contributed by atoms with E-state index in [9.17, 15) is 8.42 Å². The highest BCUT2D eigenvalue weighted by Crippen LogP contribution is 2.39. The van der Waals surface area contributed by atoms with Crippen molar-refractivity contribution >= 4 is 68.0 Å². The highest BCUT2D eigenvalue weighted by Gasteiger charge is 2.41. The molecule has 1 aliphatic heterocycles. The number of hydrogen-bond acceptors (Lipinski definition) is 3. The summed E-state index contributed by atoms with van der Waals surface area (Å²) in [5.74, 6) is -0.192. The van der Waals surface area contributed by atoms with Crippen LogP contribution in [0.2, 0.25) is 5.02 Å². The van der Waals surface area contributed by atoms with Crippen molar-refractivity contribution in [1.82, 2.24) is 4.31 Å². The summed E-state index contributed by atoms with van der Waals surface area (Å²) in [6, 6.07) is 4.22. The molecular weight excluding hydrogens is 342 g/mol. The van der Waals surface area contributed by atoms with Gasteiger partial charge in [-0.25, -0.2) is 13.4 Å². The van der Waals surface area contributed by atoms with Gasteiger partial charge in [0, 0.05) is 12.1 Å². The predicted octanol–water partition coefficient (Wildman–Crippen LogP) is 3.37. The first-order valence-corrected chi connectivity index (χ1v) is 7.53. The Bertz CT molecular complexity index is 636. The maximum atomic E-state index is 12.2. The van der Waals surface area contributed by atoms with Crippen molar-refractivity contribution in [2.24, 2.45) is 4.99 Å². The molecule has 1 aromatic carbocycles. The van der Waals surface area contributed by atoms with Crippen LogP contribution in [0.15, 0.2) is 28.1 Å². The first-order valence-electron chi connectivity index (χ1n) is 4.58. The fraction of sp³-hybridized carbons (Fsp3) is 0.222. The summed E-state index contributed by atoms with van der Waals surface area (Å²) < 4.78 is 23.3. The van der Waals surface area contributed by atoms with Crippen molar-refractivity contribution in [2.75, 3.05) is 7.05 Å². The third kappa shape index (κ3) is 2.30. The maximum Gasteiger partial charge on any atom is 0.267 e. The van der Waals surface area contributed by atoms with Crippen LogP contribution in [0, 0.1) is 0 Å². The van der Waals surface area contributed by atoms with Gasteiger partial charge in [-0.2, -0.15) is 0 Å².